The number of rotatable bonds is 3. The highest BCUT2D eigenvalue weighted by molar-refractivity contribution is 7.94. The predicted octanol–water partition coefficient (Wildman–Crippen LogP) is 0.704. The molecule has 0 radical (unpaired) electrons. The second-order valence-electron chi connectivity index (χ2n) is 2.14. The van der Waals surface area contributed by atoms with Crippen LogP contribution in [-0.4, -0.2) is 20.2 Å². The summed E-state index contributed by atoms with van der Waals surface area (Å²) in [5.41, 5.74) is 5.30. The van der Waals surface area contributed by atoms with Gasteiger partial charge in [0.15, 0.2) is 9.84 Å². The first-order valence-corrected chi connectivity index (χ1v) is 4.86. The maximum absolute atomic E-state index is 10.8. The Labute approximate surface area is 74.0 Å². The molecule has 0 saturated heterocycles. The van der Waals surface area contributed by atoms with Crippen molar-refractivity contribution in [3.63, 3.8) is 0 Å². The van der Waals surface area contributed by atoms with Crippen LogP contribution in [0.2, 0.25) is 0 Å². The fourth-order valence-corrected chi connectivity index (χ4v) is 1.02. The number of sulfone groups is 1. The van der Waals surface area contributed by atoms with Crippen LogP contribution < -0.4 is 5.73 Å². The van der Waals surface area contributed by atoms with Gasteiger partial charge in [-0.2, -0.15) is 0 Å². The number of nitrogens with two attached hydrogens (primary N) is 1. The van der Waals surface area contributed by atoms with E-state index >= 15 is 0 Å². The van der Waals surface area contributed by atoms with Gasteiger partial charge >= 0.3 is 0 Å². The van der Waals surface area contributed by atoms with Gasteiger partial charge in [0.05, 0.1) is 5.75 Å². The van der Waals surface area contributed by atoms with Crippen LogP contribution in [0.1, 0.15) is 13.8 Å². The largest absolute Gasteiger partial charge is 0.325 e. The third kappa shape index (κ3) is 7.84. The topological polar surface area (TPSA) is 60.2 Å². The molecule has 0 saturated carbocycles. The summed E-state index contributed by atoms with van der Waals surface area (Å²) in [6, 6.07) is -0.193. The molecule has 0 amide bonds. The Morgan fingerprint density at radius 2 is 2.00 bits per heavy atom. The Hall–Kier alpha value is -0.0600. The molecule has 0 aliphatic heterocycles. The Morgan fingerprint density at radius 3 is 2.27 bits per heavy atom. The number of hydrogen-bond donors (Lipinski definition) is 1. The normalized spacial score (nSPS) is 14.5. The molecular formula is C6H14ClNO2S. The molecule has 0 unspecified atom stereocenters. The molecule has 3 nitrogen and oxygen atoms in total. The molecule has 2 N–H and O–H groups in total. The molecule has 0 fully saturated rings. The second kappa shape index (κ2) is 5.57. The highest BCUT2D eigenvalue weighted by Gasteiger charge is 1.99. The summed E-state index contributed by atoms with van der Waals surface area (Å²) in [5, 5.41) is 1.16. The van der Waals surface area contributed by atoms with Gasteiger partial charge in [-0.25, -0.2) is 8.42 Å². The summed E-state index contributed by atoms with van der Waals surface area (Å²) in [6.45, 7) is 3.32. The van der Waals surface area contributed by atoms with Crippen molar-refractivity contribution in [3.8, 4) is 0 Å². The van der Waals surface area contributed by atoms with Crippen LogP contribution in [0, 0.1) is 0 Å². The summed E-state index contributed by atoms with van der Waals surface area (Å²) in [6.07, 6.45) is 1.47. The lowest BCUT2D eigenvalue weighted by molar-refractivity contribution is 0.605. The summed E-state index contributed by atoms with van der Waals surface area (Å²) >= 11 is 0. The second-order valence-corrected chi connectivity index (χ2v) is 4.31. The van der Waals surface area contributed by atoms with E-state index in [9.17, 15) is 8.42 Å². The zero-order valence-electron chi connectivity index (χ0n) is 6.65. The van der Waals surface area contributed by atoms with E-state index in [-0.39, 0.29) is 24.2 Å². The fraction of sp³-hybridized carbons (Fsp3) is 0.667. The quantitative estimate of drug-likeness (QED) is 0.728. The van der Waals surface area contributed by atoms with Crippen LogP contribution in [0.4, 0.5) is 0 Å². The molecular weight excluding hydrogens is 186 g/mol. The van der Waals surface area contributed by atoms with Gasteiger partial charge in [-0.1, -0.05) is 13.0 Å². The minimum atomic E-state index is -2.98. The van der Waals surface area contributed by atoms with Crippen molar-refractivity contribution in [3.05, 3.63) is 11.5 Å². The van der Waals surface area contributed by atoms with Crippen molar-refractivity contribution in [1.82, 2.24) is 0 Å². The fourth-order valence-electron chi connectivity index (χ4n) is 0.340. The molecule has 0 rings (SSSR count). The maximum atomic E-state index is 10.8. The maximum Gasteiger partial charge on any atom is 0.171 e. The van der Waals surface area contributed by atoms with Gasteiger partial charge in [-0.3, -0.25) is 0 Å². The molecule has 0 aromatic rings. The monoisotopic (exact) mass is 199 g/mol. The van der Waals surface area contributed by atoms with Crippen molar-refractivity contribution < 1.29 is 8.42 Å². The Morgan fingerprint density at radius 1 is 1.55 bits per heavy atom. The third-order valence-electron chi connectivity index (χ3n) is 0.992. The minimum absolute atomic E-state index is 0. The first-order chi connectivity index (χ1) is 4.48. The van der Waals surface area contributed by atoms with Gasteiger partial charge < -0.3 is 5.73 Å². The first-order valence-electron chi connectivity index (χ1n) is 3.14. The van der Waals surface area contributed by atoms with Crippen molar-refractivity contribution in [1.29, 1.82) is 0 Å². The van der Waals surface area contributed by atoms with Crippen LogP contribution in [0.25, 0.3) is 0 Å². The van der Waals surface area contributed by atoms with E-state index in [2.05, 4.69) is 0 Å². The summed E-state index contributed by atoms with van der Waals surface area (Å²) in [5.74, 6) is 0.135. The van der Waals surface area contributed by atoms with E-state index in [0.29, 0.717) is 0 Å². The SMILES string of the molecule is CCS(=O)(=O)/C=C/[C@@H](C)N.Cl. The molecule has 11 heavy (non-hydrogen) atoms. The summed E-state index contributed by atoms with van der Waals surface area (Å²) in [4.78, 5) is 0. The van der Waals surface area contributed by atoms with Gasteiger partial charge in [0.2, 0.25) is 0 Å². The van der Waals surface area contributed by atoms with Crippen LogP contribution in [0.5, 0.6) is 0 Å². The van der Waals surface area contributed by atoms with Gasteiger partial charge in [0.25, 0.3) is 0 Å². The van der Waals surface area contributed by atoms with Crippen molar-refractivity contribution in [2.24, 2.45) is 5.73 Å². The first kappa shape index (κ1) is 13.5. The molecule has 0 aromatic heterocycles. The molecule has 1 atom stereocenters. The molecule has 5 heteroatoms. The lowest BCUT2D eigenvalue weighted by Gasteiger charge is -1.94. The van der Waals surface area contributed by atoms with Gasteiger partial charge in [0.1, 0.15) is 0 Å². The molecule has 0 bridgehead atoms. The van der Waals surface area contributed by atoms with Crippen molar-refractivity contribution >= 4 is 22.2 Å². The smallest absolute Gasteiger partial charge is 0.171 e. The Bertz CT molecular complexity index is 209. The standard InChI is InChI=1S/C6H13NO2S.ClH/c1-3-10(8,9)5-4-6(2)7;/h4-6H,3,7H2,1-2H3;1H/b5-4+;/t6-;/m1./s1. The van der Waals surface area contributed by atoms with Crippen LogP contribution in [0.3, 0.4) is 0 Å². The third-order valence-corrected chi connectivity index (χ3v) is 2.37. The van der Waals surface area contributed by atoms with E-state index in [4.69, 9.17) is 5.73 Å². The Kier molecular flexibility index (Phi) is 6.85. The minimum Gasteiger partial charge on any atom is -0.325 e. The average molecular weight is 200 g/mol. The molecule has 0 spiro atoms. The van der Waals surface area contributed by atoms with E-state index in [1.54, 1.807) is 13.8 Å². The lowest BCUT2D eigenvalue weighted by atomic mass is 10.4. The zero-order valence-corrected chi connectivity index (χ0v) is 8.28. The van der Waals surface area contributed by atoms with E-state index in [1.807, 2.05) is 0 Å². The Balaban J connectivity index is 0. The lowest BCUT2D eigenvalue weighted by Crippen LogP contribution is -2.11. The highest BCUT2D eigenvalue weighted by Crippen LogP contribution is 1.92. The molecule has 0 aliphatic carbocycles. The highest BCUT2D eigenvalue weighted by atomic mass is 35.5. The number of halogens is 1. The van der Waals surface area contributed by atoms with Crippen molar-refractivity contribution in [2.45, 2.75) is 19.9 Å². The van der Waals surface area contributed by atoms with Gasteiger partial charge in [0, 0.05) is 11.4 Å². The van der Waals surface area contributed by atoms with E-state index in [1.165, 1.54) is 6.08 Å². The average Bonchev–Trinajstić information content (AvgIpc) is 1.85. The summed E-state index contributed by atoms with van der Waals surface area (Å²) in [7, 11) is -2.98. The molecule has 0 aromatic carbocycles. The zero-order chi connectivity index (χ0) is 8.20. The van der Waals surface area contributed by atoms with E-state index in [0.717, 1.165) is 5.41 Å². The number of hydrogen-bond acceptors (Lipinski definition) is 3. The molecule has 0 heterocycles. The van der Waals surface area contributed by atoms with Crippen LogP contribution in [-0.2, 0) is 9.84 Å². The van der Waals surface area contributed by atoms with Crippen LogP contribution >= 0.6 is 12.4 Å². The predicted molar refractivity (Wildman–Crippen MR) is 49.5 cm³/mol. The van der Waals surface area contributed by atoms with Gasteiger partial charge in [-0.15, -0.1) is 12.4 Å². The van der Waals surface area contributed by atoms with Crippen LogP contribution in [0.15, 0.2) is 11.5 Å². The molecule has 0 aliphatic rings. The van der Waals surface area contributed by atoms with E-state index < -0.39 is 9.84 Å². The summed E-state index contributed by atoms with van der Waals surface area (Å²) < 4.78 is 21.5. The molecule has 68 valence electrons. The van der Waals surface area contributed by atoms with Gasteiger partial charge in [-0.05, 0) is 6.92 Å². The van der Waals surface area contributed by atoms with Crippen molar-refractivity contribution in [2.75, 3.05) is 5.75 Å².